The molecule has 3 heterocycles. The molecule has 0 amide bonds. The number of phenolic OH excluding ortho intramolecular Hbond substituents is 2. The average Bonchev–Trinajstić information content (AvgIpc) is 3.47. The van der Waals surface area contributed by atoms with Crippen molar-refractivity contribution in [2.75, 3.05) is 14.2 Å². The maximum Gasteiger partial charge on any atom is 2.00 e. The molecule has 0 bridgehead atoms. The number of methoxy groups -OCH3 is 2. The smallest absolute Gasteiger partial charge is 0.512 e. The summed E-state index contributed by atoms with van der Waals surface area (Å²) in [6.45, 7) is 15.3. The number of fused-ring (bicyclic) bond motifs is 3. The third-order valence-corrected chi connectivity index (χ3v) is 11.1. The molecule has 16 nitrogen and oxygen atoms in total. The topological polar surface area (TPSA) is 261 Å². The fourth-order valence-electron chi connectivity index (χ4n) is 7.52. The summed E-state index contributed by atoms with van der Waals surface area (Å²) in [7, 11) is 3.25. The molecule has 4 N–H and O–H groups in total. The number of nitrogens with zero attached hydrogens (tertiary/aromatic N) is 7. The summed E-state index contributed by atoms with van der Waals surface area (Å²) in [4.78, 5) is 37.9. The van der Waals surface area contributed by atoms with Crippen molar-refractivity contribution >= 4 is 88.5 Å². The van der Waals surface area contributed by atoms with Crippen molar-refractivity contribution in [3.05, 3.63) is 212 Å². The Kier molecular flexibility index (Phi) is 30.2. The molecule has 0 saturated heterocycles. The third-order valence-electron chi connectivity index (χ3n) is 11.1. The van der Waals surface area contributed by atoms with Crippen molar-refractivity contribution in [2.45, 2.75) is 53.9 Å². The van der Waals surface area contributed by atoms with Crippen molar-refractivity contribution in [2.24, 2.45) is 0 Å². The van der Waals surface area contributed by atoms with Crippen LogP contribution in [0.25, 0.3) is 49.4 Å². The zero-order valence-electron chi connectivity index (χ0n) is 42.4. The molecular formula is C57H53BBr3N7O9Zn. The van der Waals surface area contributed by atoms with Gasteiger partial charge in [-0.15, -0.1) is 47.3 Å². The van der Waals surface area contributed by atoms with Gasteiger partial charge < -0.3 is 53.6 Å². The van der Waals surface area contributed by atoms with E-state index in [1.807, 2.05) is 81.6 Å². The number of aromatic nitrogens is 3. The second-order valence-corrected chi connectivity index (χ2v) is 21.8. The summed E-state index contributed by atoms with van der Waals surface area (Å²) in [5.74, 6) is 0.848. The molecule has 0 radical (unpaired) electrons. The van der Waals surface area contributed by atoms with Crippen LogP contribution in [0.15, 0.2) is 154 Å². The number of aryl methyl sites for hydroxylation is 1. The average molecular weight is 1300 g/mol. The second kappa shape index (κ2) is 34.4. The molecule has 9 rings (SSSR count). The normalized spacial score (nSPS) is 11.4. The summed E-state index contributed by atoms with van der Waals surface area (Å²) in [5, 5.41) is 71.8. The number of hydrogen-bond donors (Lipinski definition) is 4. The van der Waals surface area contributed by atoms with Crippen molar-refractivity contribution < 1.29 is 49.4 Å². The fourth-order valence-corrected chi connectivity index (χ4v) is 7.52. The number of aliphatic hydroxyl groups is 2. The summed E-state index contributed by atoms with van der Waals surface area (Å²) in [5.41, 5.74) is 4.66. The molecule has 0 fully saturated rings. The predicted molar refractivity (Wildman–Crippen MR) is 313 cm³/mol. The Morgan fingerprint density at radius 2 is 1.04 bits per heavy atom. The molecular weight excluding hydrogens is 1240 g/mol. The van der Waals surface area contributed by atoms with Gasteiger partial charge in [-0.25, -0.2) is 0 Å². The van der Waals surface area contributed by atoms with Crippen LogP contribution >= 0.6 is 47.3 Å². The first-order chi connectivity index (χ1) is 36.6. The van der Waals surface area contributed by atoms with E-state index in [0.717, 1.165) is 33.6 Å². The number of aliphatic hydroxyl groups excluding tert-OH is 2. The molecule has 0 aliphatic heterocycles. The molecule has 1 atom stereocenters. The molecule has 78 heavy (non-hydrogen) atoms. The summed E-state index contributed by atoms with van der Waals surface area (Å²) in [6, 6.07) is 32.4. The molecule has 1 aliphatic rings. The van der Waals surface area contributed by atoms with E-state index in [2.05, 4.69) is 53.3 Å². The van der Waals surface area contributed by atoms with E-state index < -0.39 is 0 Å². The first-order valence-electron chi connectivity index (χ1n) is 22.6. The quantitative estimate of drug-likeness (QED) is 0.0856. The Hall–Kier alpha value is -7.42. The Labute approximate surface area is 490 Å². The van der Waals surface area contributed by atoms with Gasteiger partial charge in [-0.05, 0) is 132 Å². The minimum Gasteiger partial charge on any atom is -0.512 e. The SMILES string of the molecule is BrB(Br)Br.C.CC.COC1C=CC(n2cc(C#N)c3cc(CO)ccc3c2=O)=CC1.COc1ccc(-n2cc(C)c3cc(CO)ccc3c2=O)cc1.N#Cc1cn(-c2ccc(O)cc2)c(=O)c2ccc(O)cc12.[C-]#N.[C-]#N.[Zn+2]. The van der Waals surface area contributed by atoms with Crippen molar-refractivity contribution in [3.63, 3.8) is 0 Å². The number of phenols is 2. The van der Waals surface area contributed by atoms with Crippen LogP contribution < -0.4 is 21.4 Å². The van der Waals surface area contributed by atoms with E-state index in [1.54, 1.807) is 67.4 Å². The molecule has 8 aromatic rings. The number of rotatable bonds is 7. The first-order valence-corrected chi connectivity index (χ1v) is 25.4. The monoisotopic (exact) mass is 1290 g/mol. The molecule has 3 aromatic heterocycles. The number of pyridine rings is 3. The van der Waals surface area contributed by atoms with Gasteiger partial charge in [0.1, 0.15) is 29.4 Å². The molecule has 1 unspecified atom stereocenters. The second-order valence-electron chi connectivity index (χ2n) is 15.4. The zero-order valence-corrected chi connectivity index (χ0v) is 50.1. The minimum absolute atomic E-state index is 0. The van der Waals surface area contributed by atoms with Crippen LogP contribution in [0.2, 0.25) is 0 Å². The zero-order chi connectivity index (χ0) is 56.6. The van der Waals surface area contributed by atoms with E-state index in [4.69, 9.17) is 33.1 Å². The molecule has 1 aliphatic carbocycles. The van der Waals surface area contributed by atoms with E-state index in [9.17, 15) is 45.3 Å². The summed E-state index contributed by atoms with van der Waals surface area (Å²) >= 11 is 9.31. The standard InChI is InChI=1S/C18H16N2O3.C18H17NO3.C16H10N2O3.C2H6.2CN.CH4.BBr3.Zn/c1-23-15-5-3-14(4-6-15)20-10-13(9-19)17-8-12(11-21)2-7-16(17)18(20)22;1-12-10-19(14-4-6-15(22-2)7-5-14)18(21)16-8-3-13(11-20)9-17(12)16;17-8-10-9-18(11-1-3-12(19)4-2-11)16(21)14-6-5-13(20)7-15(10)14;3*1-2;;2-1(3)4;/h2-5,7-8,10,15,21H,6,11H2,1H3;3-10,20H,11H2,1-2H3;1-7,9,19-20H;1-2H3;;;1H4;;/q;;;;2*-1;;;+2. The van der Waals surface area contributed by atoms with Gasteiger partial charge >= 0.3 is 22.7 Å². The fraction of sp³-hybridized carbons (Fsp3) is 0.175. The minimum atomic E-state index is -0.297. The van der Waals surface area contributed by atoms with Gasteiger partial charge in [-0.1, -0.05) is 45.6 Å². The first kappa shape index (κ1) is 68.6. The molecule has 0 saturated carbocycles. The third kappa shape index (κ3) is 17.6. The Bertz CT molecular complexity index is 3650. The van der Waals surface area contributed by atoms with Crippen LogP contribution in [0.3, 0.4) is 0 Å². The van der Waals surface area contributed by atoms with Crippen molar-refractivity contribution in [3.8, 4) is 40.8 Å². The van der Waals surface area contributed by atoms with Gasteiger partial charge in [-0.2, -0.15) is 10.5 Å². The molecule has 5 aromatic carbocycles. The van der Waals surface area contributed by atoms with Gasteiger partial charge in [0, 0.05) is 69.7 Å². The van der Waals surface area contributed by atoms with E-state index >= 15 is 0 Å². The largest absolute Gasteiger partial charge is 2.00 e. The van der Waals surface area contributed by atoms with Crippen molar-refractivity contribution in [1.29, 1.82) is 21.0 Å². The Balaban J connectivity index is 0.000000533. The Morgan fingerprint density at radius 1 is 0.628 bits per heavy atom. The number of nitriles is 2. The van der Waals surface area contributed by atoms with E-state index in [1.165, 1.54) is 45.7 Å². The van der Waals surface area contributed by atoms with Crippen LogP contribution in [-0.4, -0.2) is 57.6 Å². The van der Waals surface area contributed by atoms with Gasteiger partial charge in [0.2, 0.25) is 0 Å². The number of hydrogen-bond acceptors (Lipinski definition) is 13. The van der Waals surface area contributed by atoms with Gasteiger partial charge in [0.05, 0.1) is 37.6 Å². The molecule has 0 spiro atoms. The van der Waals surface area contributed by atoms with E-state index in [-0.39, 0.29) is 83.1 Å². The van der Waals surface area contributed by atoms with Gasteiger partial charge in [0.15, 0.2) is 0 Å². The van der Waals surface area contributed by atoms with Crippen LogP contribution in [0.4, 0.5) is 0 Å². The van der Waals surface area contributed by atoms with Gasteiger partial charge in [-0.3, -0.25) is 28.1 Å². The van der Waals surface area contributed by atoms with Gasteiger partial charge in [0.25, 0.3) is 16.7 Å². The van der Waals surface area contributed by atoms with Crippen LogP contribution in [0.1, 0.15) is 55.5 Å². The number of benzene rings is 5. The van der Waals surface area contributed by atoms with Crippen LogP contribution in [-0.2, 0) is 37.4 Å². The predicted octanol–water partition coefficient (Wildman–Crippen LogP) is 11.3. The van der Waals surface area contributed by atoms with Crippen LogP contribution in [0, 0.1) is 53.3 Å². The number of ether oxygens (including phenoxy) is 2. The maximum absolute atomic E-state index is 12.7. The van der Waals surface area contributed by atoms with Crippen molar-refractivity contribution in [1.82, 2.24) is 13.7 Å². The van der Waals surface area contributed by atoms with E-state index in [0.29, 0.717) is 50.2 Å². The number of allylic oxidation sites excluding steroid dienone is 2. The molecule has 21 heteroatoms. The Morgan fingerprint density at radius 3 is 1.49 bits per heavy atom. The number of halogens is 3. The summed E-state index contributed by atoms with van der Waals surface area (Å²) in [6.07, 6.45) is 11.1. The maximum atomic E-state index is 12.7. The molecule has 396 valence electrons. The summed E-state index contributed by atoms with van der Waals surface area (Å²) < 4.78 is 15.1. The van der Waals surface area contributed by atoms with Crippen LogP contribution in [0.5, 0.6) is 17.2 Å². The number of aromatic hydroxyl groups is 2.